The van der Waals surface area contributed by atoms with Gasteiger partial charge < -0.3 is 9.47 Å². The predicted molar refractivity (Wildman–Crippen MR) is 110 cm³/mol. The standard InChI is InChI=1S/C23H21N5O3/c1-15-18(3-4-19-20(15)13-31-23(19)29)21-12-27(6-7-30-21)10-17-11-28(14-26-17)22-5-2-16(8-24)9-25-22/h2-5,9,11,14,21H,6-7,10,12-13H2,1H3. The molecule has 0 amide bonds. The van der Waals surface area contributed by atoms with Crippen molar-refractivity contribution in [3.8, 4) is 11.9 Å². The van der Waals surface area contributed by atoms with E-state index in [0.29, 0.717) is 30.9 Å². The molecule has 0 bridgehead atoms. The van der Waals surface area contributed by atoms with Gasteiger partial charge in [0, 0.05) is 37.6 Å². The van der Waals surface area contributed by atoms with Crippen molar-refractivity contribution in [1.29, 1.82) is 5.26 Å². The lowest BCUT2D eigenvalue weighted by Crippen LogP contribution is -2.38. The Morgan fingerprint density at radius 3 is 2.97 bits per heavy atom. The molecular formula is C23H21N5O3. The molecule has 0 spiro atoms. The van der Waals surface area contributed by atoms with E-state index in [1.807, 2.05) is 29.8 Å². The molecule has 5 rings (SSSR count). The number of carbonyl (C=O) groups is 1. The second-order valence-corrected chi connectivity index (χ2v) is 7.77. The Hall–Kier alpha value is -3.54. The minimum absolute atomic E-state index is 0.0583. The Morgan fingerprint density at radius 1 is 1.26 bits per heavy atom. The van der Waals surface area contributed by atoms with Crippen LogP contribution in [0.25, 0.3) is 5.82 Å². The van der Waals surface area contributed by atoms with E-state index in [0.717, 1.165) is 41.3 Å². The average molecular weight is 415 g/mol. The number of cyclic esters (lactones) is 1. The van der Waals surface area contributed by atoms with Gasteiger partial charge >= 0.3 is 5.97 Å². The van der Waals surface area contributed by atoms with Crippen LogP contribution in [0.2, 0.25) is 0 Å². The first-order valence-corrected chi connectivity index (χ1v) is 10.1. The number of fused-ring (bicyclic) bond motifs is 1. The topological polar surface area (TPSA) is 93.3 Å². The monoisotopic (exact) mass is 415 g/mol. The fraction of sp³-hybridized carbons (Fsp3) is 0.304. The van der Waals surface area contributed by atoms with Crippen LogP contribution < -0.4 is 0 Å². The van der Waals surface area contributed by atoms with E-state index in [4.69, 9.17) is 14.7 Å². The van der Waals surface area contributed by atoms with Crippen LogP contribution >= 0.6 is 0 Å². The van der Waals surface area contributed by atoms with Crippen molar-refractivity contribution in [3.05, 3.63) is 76.5 Å². The SMILES string of the molecule is Cc1c(C2CN(Cc3cn(-c4ccc(C#N)cn4)cn3)CCO2)ccc2c1COC2=O. The lowest BCUT2D eigenvalue weighted by atomic mass is 9.94. The zero-order chi connectivity index (χ0) is 21.4. The fourth-order valence-electron chi connectivity index (χ4n) is 4.16. The Kier molecular flexibility index (Phi) is 4.98. The highest BCUT2D eigenvalue weighted by Gasteiger charge is 2.29. The maximum Gasteiger partial charge on any atom is 0.338 e. The molecule has 2 aromatic heterocycles. The van der Waals surface area contributed by atoms with Crippen molar-refractivity contribution < 1.29 is 14.3 Å². The number of nitriles is 1. The fourth-order valence-corrected chi connectivity index (χ4v) is 4.16. The van der Waals surface area contributed by atoms with Crippen molar-refractivity contribution in [2.24, 2.45) is 0 Å². The van der Waals surface area contributed by atoms with E-state index in [1.165, 1.54) is 0 Å². The van der Waals surface area contributed by atoms with Gasteiger partial charge in [-0.3, -0.25) is 9.47 Å². The van der Waals surface area contributed by atoms with Crippen LogP contribution in [-0.2, 0) is 22.6 Å². The highest BCUT2D eigenvalue weighted by atomic mass is 16.5. The Morgan fingerprint density at radius 2 is 2.16 bits per heavy atom. The van der Waals surface area contributed by atoms with E-state index in [1.54, 1.807) is 24.7 Å². The second-order valence-electron chi connectivity index (χ2n) is 7.77. The van der Waals surface area contributed by atoms with Gasteiger partial charge in [0.05, 0.1) is 29.5 Å². The van der Waals surface area contributed by atoms with Crippen molar-refractivity contribution >= 4 is 5.97 Å². The molecule has 8 nitrogen and oxygen atoms in total. The van der Waals surface area contributed by atoms with Gasteiger partial charge in [-0.1, -0.05) is 6.07 Å². The molecule has 0 N–H and O–H groups in total. The molecule has 2 aliphatic heterocycles. The smallest absolute Gasteiger partial charge is 0.338 e. The predicted octanol–water partition coefficient (Wildman–Crippen LogP) is 2.69. The number of carbonyl (C=O) groups excluding carboxylic acids is 1. The van der Waals surface area contributed by atoms with Crippen molar-refractivity contribution in [2.75, 3.05) is 19.7 Å². The number of pyridine rings is 1. The van der Waals surface area contributed by atoms with Gasteiger partial charge in [-0.05, 0) is 36.2 Å². The number of esters is 1. The third-order valence-electron chi connectivity index (χ3n) is 5.87. The Labute approximate surface area is 179 Å². The van der Waals surface area contributed by atoms with Crippen LogP contribution in [-0.4, -0.2) is 45.1 Å². The molecule has 0 radical (unpaired) electrons. The van der Waals surface area contributed by atoms with Crippen molar-refractivity contribution in [3.63, 3.8) is 0 Å². The van der Waals surface area contributed by atoms with Gasteiger partial charge in [0.1, 0.15) is 24.8 Å². The Bertz CT molecular complexity index is 1180. The van der Waals surface area contributed by atoms with Crippen molar-refractivity contribution in [2.45, 2.75) is 26.2 Å². The number of morpholine rings is 1. The number of imidazole rings is 1. The van der Waals surface area contributed by atoms with E-state index >= 15 is 0 Å². The normalized spacial score (nSPS) is 18.5. The third kappa shape index (κ3) is 3.69. The summed E-state index contributed by atoms with van der Waals surface area (Å²) < 4.78 is 13.1. The molecule has 4 heterocycles. The third-order valence-corrected chi connectivity index (χ3v) is 5.87. The first-order valence-electron chi connectivity index (χ1n) is 10.1. The summed E-state index contributed by atoms with van der Waals surface area (Å²) in [7, 11) is 0. The van der Waals surface area contributed by atoms with Gasteiger partial charge in [0.15, 0.2) is 0 Å². The van der Waals surface area contributed by atoms with Gasteiger partial charge in [-0.15, -0.1) is 0 Å². The molecule has 1 unspecified atom stereocenters. The number of benzene rings is 1. The zero-order valence-corrected chi connectivity index (χ0v) is 17.1. The molecular weight excluding hydrogens is 394 g/mol. The molecule has 31 heavy (non-hydrogen) atoms. The minimum atomic E-state index is -0.247. The molecule has 1 aromatic carbocycles. The maximum atomic E-state index is 11.8. The van der Waals surface area contributed by atoms with Gasteiger partial charge in [-0.2, -0.15) is 5.26 Å². The minimum Gasteiger partial charge on any atom is -0.457 e. The van der Waals surface area contributed by atoms with Crippen LogP contribution in [0.5, 0.6) is 0 Å². The average Bonchev–Trinajstić information content (AvgIpc) is 3.42. The first kappa shape index (κ1) is 19.4. The van der Waals surface area contributed by atoms with Gasteiger partial charge in [0.25, 0.3) is 0 Å². The molecule has 2 aliphatic rings. The van der Waals surface area contributed by atoms with Crippen molar-refractivity contribution in [1.82, 2.24) is 19.4 Å². The van der Waals surface area contributed by atoms with E-state index in [9.17, 15) is 4.79 Å². The molecule has 1 saturated heterocycles. The zero-order valence-electron chi connectivity index (χ0n) is 17.1. The van der Waals surface area contributed by atoms with Crippen LogP contribution in [0, 0.1) is 18.3 Å². The Balaban J connectivity index is 1.29. The lowest BCUT2D eigenvalue weighted by molar-refractivity contribution is -0.0335. The highest BCUT2D eigenvalue weighted by Crippen LogP contribution is 2.32. The number of aromatic nitrogens is 3. The summed E-state index contributed by atoms with van der Waals surface area (Å²) >= 11 is 0. The lowest BCUT2D eigenvalue weighted by Gasteiger charge is -2.33. The molecule has 0 saturated carbocycles. The van der Waals surface area contributed by atoms with E-state index in [2.05, 4.69) is 20.9 Å². The van der Waals surface area contributed by atoms with E-state index in [-0.39, 0.29) is 12.1 Å². The molecule has 3 aromatic rings. The number of hydrogen-bond acceptors (Lipinski definition) is 7. The number of nitrogens with zero attached hydrogens (tertiary/aromatic N) is 5. The summed E-state index contributed by atoms with van der Waals surface area (Å²) in [6.45, 7) is 5.28. The second kappa shape index (κ2) is 7.95. The van der Waals surface area contributed by atoms with Crippen LogP contribution in [0.15, 0.2) is 43.0 Å². The molecule has 1 fully saturated rings. The highest BCUT2D eigenvalue weighted by molar-refractivity contribution is 5.93. The van der Waals surface area contributed by atoms with Crippen LogP contribution in [0.4, 0.5) is 0 Å². The number of rotatable bonds is 4. The van der Waals surface area contributed by atoms with E-state index < -0.39 is 0 Å². The summed E-state index contributed by atoms with van der Waals surface area (Å²) in [5.74, 6) is 0.478. The molecule has 1 atom stereocenters. The van der Waals surface area contributed by atoms with Gasteiger partial charge in [-0.25, -0.2) is 14.8 Å². The molecule has 0 aliphatic carbocycles. The van der Waals surface area contributed by atoms with Crippen LogP contribution in [0.1, 0.15) is 44.4 Å². The summed E-state index contributed by atoms with van der Waals surface area (Å²) in [5.41, 5.74) is 5.28. The number of ether oxygens (including phenoxy) is 2. The molecule has 156 valence electrons. The van der Waals surface area contributed by atoms with Gasteiger partial charge in [0.2, 0.25) is 0 Å². The summed E-state index contributed by atoms with van der Waals surface area (Å²) in [6, 6.07) is 9.46. The largest absolute Gasteiger partial charge is 0.457 e. The quantitative estimate of drug-likeness (QED) is 0.605. The summed E-state index contributed by atoms with van der Waals surface area (Å²) in [6.07, 6.45) is 5.20. The maximum absolute atomic E-state index is 11.8. The number of hydrogen-bond donors (Lipinski definition) is 0. The first-order chi connectivity index (χ1) is 15.1. The molecule has 8 heteroatoms. The summed E-state index contributed by atoms with van der Waals surface area (Å²) in [4.78, 5) is 23.0. The summed E-state index contributed by atoms with van der Waals surface area (Å²) in [5, 5.41) is 8.92. The van der Waals surface area contributed by atoms with Crippen LogP contribution in [0.3, 0.4) is 0 Å².